The van der Waals surface area contributed by atoms with E-state index in [-0.39, 0.29) is 29.1 Å². The van der Waals surface area contributed by atoms with E-state index in [9.17, 15) is 22.4 Å². The van der Waals surface area contributed by atoms with Gasteiger partial charge in [0.05, 0.1) is 17.7 Å². The molecule has 3 atom stereocenters. The van der Waals surface area contributed by atoms with Crippen molar-refractivity contribution in [1.29, 1.82) is 0 Å². The van der Waals surface area contributed by atoms with E-state index < -0.39 is 47.8 Å². The van der Waals surface area contributed by atoms with E-state index in [0.717, 1.165) is 12.1 Å². The minimum absolute atomic E-state index is 0.00180. The van der Waals surface area contributed by atoms with Crippen molar-refractivity contribution in [2.75, 3.05) is 16.8 Å². The van der Waals surface area contributed by atoms with Crippen molar-refractivity contribution in [3.63, 3.8) is 0 Å². The molecule has 1 fully saturated rings. The summed E-state index contributed by atoms with van der Waals surface area (Å²) in [4.78, 5) is 22.2. The van der Waals surface area contributed by atoms with Crippen LogP contribution in [-0.4, -0.2) is 46.8 Å². The minimum atomic E-state index is -4.94. The lowest BCUT2D eigenvalue weighted by molar-refractivity contribution is -0.274. The first-order valence-corrected chi connectivity index (χ1v) is 11.0. The first kappa shape index (κ1) is 26.7. The Morgan fingerprint density at radius 1 is 1.20 bits per heavy atom. The molecule has 0 saturated carbocycles. The molecule has 0 spiro atoms. The molecule has 0 bridgehead atoms. The van der Waals surface area contributed by atoms with E-state index in [4.69, 9.17) is 21.1 Å². The van der Waals surface area contributed by atoms with E-state index in [1.165, 1.54) is 11.0 Å². The Morgan fingerprint density at radius 2 is 1.89 bits per heavy atom. The van der Waals surface area contributed by atoms with Crippen LogP contribution in [0.2, 0.25) is 5.15 Å². The van der Waals surface area contributed by atoms with Gasteiger partial charge in [0, 0.05) is 17.7 Å². The third-order valence-electron chi connectivity index (χ3n) is 4.93. The maximum Gasteiger partial charge on any atom is 0.573 e. The molecule has 1 aliphatic rings. The Kier molecular flexibility index (Phi) is 7.65. The molecule has 192 valence electrons. The van der Waals surface area contributed by atoms with Gasteiger partial charge in [0.15, 0.2) is 0 Å². The summed E-state index contributed by atoms with van der Waals surface area (Å²) < 4.78 is 66.5. The second-order valence-corrected chi connectivity index (χ2v) is 9.31. The lowest BCUT2D eigenvalue weighted by Gasteiger charge is -2.31. The lowest BCUT2D eigenvalue weighted by atomic mass is 10.1. The molecular formula is C22H25ClF4N4O4. The fourth-order valence-corrected chi connectivity index (χ4v) is 3.78. The molecule has 1 saturated heterocycles. The number of hydrogen-bond donors (Lipinski definition) is 1. The highest BCUT2D eigenvalue weighted by Gasteiger charge is 2.40. The number of aromatic nitrogens is 2. The van der Waals surface area contributed by atoms with Gasteiger partial charge in [-0.1, -0.05) is 17.7 Å². The first-order valence-electron chi connectivity index (χ1n) is 10.6. The van der Waals surface area contributed by atoms with E-state index in [2.05, 4.69) is 20.0 Å². The number of carbonyl (C=O) groups is 1. The molecular weight excluding hydrogens is 496 g/mol. The molecule has 2 aromatic rings. The summed E-state index contributed by atoms with van der Waals surface area (Å²) in [7, 11) is 0. The average molecular weight is 521 g/mol. The van der Waals surface area contributed by atoms with Crippen molar-refractivity contribution in [3.05, 3.63) is 40.8 Å². The topological polar surface area (TPSA) is 85.8 Å². The Hall–Kier alpha value is -2.86. The molecule has 35 heavy (non-hydrogen) atoms. The molecule has 2 heterocycles. The van der Waals surface area contributed by atoms with E-state index in [0.29, 0.717) is 6.07 Å². The summed E-state index contributed by atoms with van der Waals surface area (Å²) in [5.41, 5.74) is -0.428. The van der Waals surface area contributed by atoms with Gasteiger partial charge in [0.25, 0.3) is 0 Å². The van der Waals surface area contributed by atoms with E-state index >= 15 is 0 Å². The van der Waals surface area contributed by atoms with Crippen molar-refractivity contribution in [1.82, 2.24) is 9.97 Å². The third kappa shape index (κ3) is 7.07. The number of cyclic esters (lactones) is 1. The maximum absolute atomic E-state index is 14.5. The first-order chi connectivity index (χ1) is 16.1. The quantitative estimate of drug-likeness (QED) is 0.361. The summed E-state index contributed by atoms with van der Waals surface area (Å²) in [6.07, 6.45) is -5.98. The highest BCUT2D eigenvalue weighted by atomic mass is 35.5. The standard InChI is InChI=1S/C22H25ClF4N4O4/c1-11(14-7-6-13(8-15(14)24)35-22(25,26)27)28-19-29-17(23)9-18(30-19)31-16(10-33-20(31)32)12(2)34-21(3,4)5/h6-9,11-12,16H,10H2,1-5H3,(H,28,29,30)/t11-,12+,16?/m0/s1. The lowest BCUT2D eigenvalue weighted by Crippen LogP contribution is -2.45. The molecule has 1 aromatic carbocycles. The van der Waals surface area contributed by atoms with Gasteiger partial charge in [0.2, 0.25) is 5.95 Å². The minimum Gasteiger partial charge on any atom is -0.447 e. The molecule has 1 N–H and O–H groups in total. The summed E-state index contributed by atoms with van der Waals surface area (Å²) in [6.45, 7) is 9.10. The van der Waals surface area contributed by atoms with Gasteiger partial charge in [-0.2, -0.15) is 4.98 Å². The van der Waals surface area contributed by atoms with E-state index in [1.54, 1.807) is 6.92 Å². The van der Waals surface area contributed by atoms with Crippen LogP contribution in [0.1, 0.15) is 46.2 Å². The van der Waals surface area contributed by atoms with Gasteiger partial charge in [-0.05, 0) is 40.7 Å². The fourth-order valence-electron chi connectivity index (χ4n) is 3.60. The van der Waals surface area contributed by atoms with Gasteiger partial charge in [0.1, 0.15) is 35.2 Å². The number of nitrogens with zero attached hydrogens (tertiary/aromatic N) is 3. The van der Waals surface area contributed by atoms with Crippen LogP contribution in [0.25, 0.3) is 0 Å². The second kappa shape index (κ2) is 10.0. The molecule has 0 radical (unpaired) electrons. The maximum atomic E-state index is 14.5. The normalized spacial score (nSPS) is 18.3. The number of nitrogens with one attached hydrogen (secondary N) is 1. The Labute approximate surface area is 204 Å². The number of ether oxygens (including phenoxy) is 3. The highest BCUT2D eigenvalue weighted by Crippen LogP contribution is 2.31. The largest absolute Gasteiger partial charge is 0.573 e. The second-order valence-electron chi connectivity index (χ2n) is 8.92. The number of amides is 1. The summed E-state index contributed by atoms with van der Waals surface area (Å²) in [5.74, 6) is -1.49. The van der Waals surface area contributed by atoms with Crippen molar-refractivity contribution < 1.29 is 36.6 Å². The Morgan fingerprint density at radius 3 is 2.49 bits per heavy atom. The number of hydrogen-bond acceptors (Lipinski definition) is 7. The number of benzene rings is 1. The van der Waals surface area contributed by atoms with Crippen LogP contribution in [0.4, 0.5) is 34.1 Å². The molecule has 1 amide bonds. The zero-order valence-electron chi connectivity index (χ0n) is 19.6. The molecule has 1 unspecified atom stereocenters. The number of carbonyl (C=O) groups excluding carboxylic acids is 1. The van der Waals surface area contributed by atoms with Gasteiger partial charge < -0.3 is 19.5 Å². The molecule has 8 nitrogen and oxygen atoms in total. The average Bonchev–Trinajstić information content (AvgIpc) is 3.06. The summed E-state index contributed by atoms with van der Waals surface area (Å²) >= 11 is 6.15. The van der Waals surface area contributed by atoms with Gasteiger partial charge in [-0.25, -0.2) is 14.2 Å². The van der Waals surface area contributed by atoms with Gasteiger partial charge in [-0.3, -0.25) is 4.90 Å². The Balaban J connectivity index is 1.82. The molecule has 1 aromatic heterocycles. The smallest absolute Gasteiger partial charge is 0.447 e. The molecule has 13 heteroatoms. The fraction of sp³-hybridized carbons (Fsp3) is 0.500. The number of halogens is 5. The van der Waals surface area contributed by atoms with E-state index in [1.807, 2.05) is 27.7 Å². The van der Waals surface area contributed by atoms with Crippen molar-refractivity contribution in [3.8, 4) is 5.75 Å². The molecule has 0 aliphatic carbocycles. The predicted octanol–water partition coefficient (Wildman–Crippen LogP) is 5.87. The van der Waals surface area contributed by atoms with Crippen molar-refractivity contribution in [2.24, 2.45) is 0 Å². The SMILES string of the molecule is C[C@H](Nc1nc(Cl)cc(N2C(=O)OCC2[C@@H](C)OC(C)(C)C)n1)c1ccc(OC(F)(F)F)cc1F. The van der Waals surface area contributed by atoms with Crippen LogP contribution < -0.4 is 15.0 Å². The zero-order valence-corrected chi connectivity index (χ0v) is 20.4. The van der Waals surface area contributed by atoms with Crippen LogP contribution in [0, 0.1) is 5.82 Å². The highest BCUT2D eigenvalue weighted by molar-refractivity contribution is 6.29. The van der Waals surface area contributed by atoms with Crippen LogP contribution >= 0.6 is 11.6 Å². The monoisotopic (exact) mass is 520 g/mol. The third-order valence-corrected chi connectivity index (χ3v) is 5.13. The summed E-state index contributed by atoms with van der Waals surface area (Å²) in [5, 5.41) is 2.85. The summed E-state index contributed by atoms with van der Waals surface area (Å²) in [6, 6.07) is 2.90. The molecule has 1 aliphatic heterocycles. The number of alkyl halides is 3. The van der Waals surface area contributed by atoms with Crippen LogP contribution in [-0.2, 0) is 9.47 Å². The van der Waals surface area contributed by atoms with Crippen molar-refractivity contribution >= 4 is 29.5 Å². The Bertz CT molecular complexity index is 1080. The van der Waals surface area contributed by atoms with Crippen molar-refractivity contribution in [2.45, 2.75) is 64.8 Å². The predicted molar refractivity (Wildman–Crippen MR) is 120 cm³/mol. The van der Waals surface area contributed by atoms with Gasteiger partial charge >= 0.3 is 12.5 Å². The van der Waals surface area contributed by atoms with Crippen LogP contribution in [0.5, 0.6) is 5.75 Å². The number of anilines is 2. The number of rotatable bonds is 7. The van der Waals surface area contributed by atoms with Crippen LogP contribution in [0.3, 0.4) is 0 Å². The molecule has 3 rings (SSSR count). The van der Waals surface area contributed by atoms with Crippen LogP contribution in [0.15, 0.2) is 24.3 Å². The van der Waals surface area contributed by atoms with Gasteiger partial charge in [-0.15, -0.1) is 13.2 Å². The zero-order chi connectivity index (χ0) is 26.1.